The molecule has 0 bridgehead atoms. The van der Waals surface area contributed by atoms with Crippen LogP contribution in [0, 0.1) is 5.92 Å². The highest BCUT2D eigenvalue weighted by Gasteiger charge is 2.15. The fourth-order valence-corrected chi connectivity index (χ4v) is 1.85. The Hall–Kier alpha value is -0.870. The molecule has 0 aliphatic heterocycles. The summed E-state index contributed by atoms with van der Waals surface area (Å²) in [5.41, 5.74) is 6.97. The molecule has 1 unspecified atom stereocenters. The maximum atomic E-state index is 11.8. The molecule has 100 valence electrons. The summed E-state index contributed by atoms with van der Waals surface area (Å²) in [4.78, 5) is 11.8. The van der Waals surface area contributed by atoms with Crippen molar-refractivity contribution in [3.63, 3.8) is 0 Å². The first kappa shape index (κ1) is 15.2. The Morgan fingerprint density at radius 2 is 1.83 bits per heavy atom. The van der Waals surface area contributed by atoms with Crippen molar-refractivity contribution in [2.75, 3.05) is 0 Å². The van der Waals surface area contributed by atoms with Crippen molar-refractivity contribution in [3.8, 4) is 0 Å². The Balaban J connectivity index is 2.51. The minimum absolute atomic E-state index is 0.00459. The maximum absolute atomic E-state index is 11.8. The van der Waals surface area contributed by atoms with Gasteiger partial charge >= 0.3 is 0 Å². The number of hydrogen-bond acceptors (Lipinski definition) is 2. The minimum atomic E-state index is -0.0814. The van der Waals surface area contributed by atoms with E-state index in [2.05, 4.69) is 21.2 Å². The van der Waals surface area contributed by atoms with Crippen LogP contribution in [0.5, 0.6) is 0 Å². The van der Waals surface area contributed by atoms with Crippen LogP contribution in [-0.2, 0) is 4.79 Å². The third-order valence-electron chi connectivity index (χ3n) is 3.02. The second-order valence-corrected chi connectivity index (χ2v) is 5.87. The largest absolute Gasteiger partial charge is 0.350 e. The smallest absolute Gasteiger partial charge is 0.222 e. The van der Waals surface area contributed by atoms with Gasteiger partial charge in [-0.2, -0.15) is 0 Å². The van der Waals surface area contributed by atoms with Gasteiger partial charge in [0.05, 0.1) is 6.04 Å². The molecule has 1 aromatic carbocycles. The Morgan fingerprint density at radius 3 is 2.33 bits per heavy atom. The number of benzene rings is 1. The molecule has 0 saturated heterocycles. The summed E-state index contributed by atoms with van der Waals surface area (Å²) in [5.74, 6) is 0.324. The number of hydrogen-bond donors (Lipinski definition) is 2. The molecule has 0 fully saturated rings. The van der Waals surface area contributed by atoms with Gasteiger partial charge in [-0.1, -0.05) is 41.9 Å². The van der Waals surface area contributed by atoms with E-state index >= 15 is 0 Å². The maximum Gasteiger partial charge on any atom is 0.222 e. The Morgan fingerprint density at radius 1 is 1.28 bits per heavy atom. The topological polar surface area (TPSA) is 55.1 Å². The highest BCUT2D eigenvalue weighted by molar-refractivity contribution is 9.10. The number of nitrogens with one attached hydrogen (secondary N) is 1. The first-order chi connectivity index (χ1) is 8.40. The third kappa shape index (κ3) is 4.78. The van der Waals surface area contributed by atoms with Crippen LogP contribution in [0.2, 0.25) is 0 Å². The van der Waals surface area contributed by atoms with E-state index in [4.69, 9.17) is 5.73 Å². The van der Waals surface area contributed by atoms with E-state index in [0.29, 0.717) is 12.3 Å². The molecule has 0 saturated carbocycles. The third-order valence-corrected chi connectivity index (χ3v) is 3.55. The molecule has 0 spiro atoms. The van der Waals surface area contributed by atoms with Crippen LogP contribution in [0.1, 0.15) is 38.8 Å². The van der Waals surface area contributed by atoms with E-state index in [0.717, 1.165) is 10.0 Å². The lowest BCUT2D eigenvalue weighted by Gasteiger charge is -2.18. The second kappa shape index (κ2) is 6.90. The molecule has 1 aromatic rings. The van der Waals surface area contributed by atoms with Crippen LogP contribution < -0.4 is 11.1 Å². The lowest BCUT2D eigenvalue weighted by molar-refractivity contribution is -0.122. The van der Waals surface area contributed by atoms with Crippen molar-refractivity contribution in [1.82, 2.24) is 5.32 Å². The summed E-state index contributed by atoms with van der Waals surface area (Å²) in [7, 11) is 0. The van der Waals surface area contributed by atoms with Crippen LogP contribution >= 0.6 is 15.9 Å². The summed E-state index contributed by atoms with van der Waals surface area (Å²) in [6, 6.07) is 7.86. The quantitative estimate of drug-likeness (QED) is 0.878. The number of rotatable bonds is 5. The van der Waals surface area contributed by atoms with Gasteiger partial charge in [0.2, 0.25) is 5.91 Å². The normalized spacial score (nSPS) is 14.3. The highest BCUT2D eigenvalue weighted by atomic mass is 79.9. The van der Waals surface area contributed by atoms with E-state index in [-0.39, 0.29) is 18.0 Å². The molecule has 0 radical (unpaired) electrons. The van der Waals surface area contributed by atoms with Crippen molar-refractivity contribution in [2.45, 2.75) is 39.3 Å². The number of nitrogens with two attached hydrogens (primary N) is 1. The first-order valence-corrected chi connectivity index (χ1v) is 7.00. The van der Waals surface area contributed by atoms with Crippen molar-refractivity contribution in [2.24, 2.45) is 11.7 Å². The molecule has 0 heterocycles. The summed E-state index contributed by atoms with van der Waals surface area (Å²) >= 11 is 3.39. The lowest BCUT2D eigenvalue weighted by Crippen LogP contribution is -2.35. The van der Waals surface area contributed by atoms with E-state index in [1.165, 1.54) is 0 Å². The van der Waals surface area contributed by atoms with Gasteiger partial charge in [0, 0.05) is 16.9 Å². The zero-order valence-electron chi connectivity index (χ0n) is 11.1. The molecule has 1 rings (SSSR count). The van der Waals surface area contributed by atoms with Crippen LogP contribution in [0.4, 0.5) is 0 Å². The predicted molar refractivity (Wildman–Crippen MR) is 78.1 cm³/mol. The number of carbonyl (C=O) groups excluding carboxylic acids is 1. The molecule has 1 amide bonds. The average Bonchev–Trinajstić information content (AvgIpc) is 2.29. The Labute approximate surface area is 117 Å². The van der Waals surface area contributed by atoms with Gasteiger partial charge < -0.3 is 11.1 Å². The van der Waals surface area contributed by atoms with Crippen molar-refractivity contribution >= 4 is 21.8 Å². The van der Waals surface area contributed by atoms with Crippen molar-refractivity contribution in [1.29, 1.82) is 0 Å². The molecule has 3 nitrogen and oxygen atoms in total. The van der Waals surface area contributed by atoms with Gasteiger partial charge in [0.1, 0.15) is 0 Å². The molecule has 0 aliphatic rings. The predicted octanol–water partition coefficient (Wildman–Crippen LogP) is 3.00. The van der Waals surface area contributed by atoms with Crippen LogP contribution in [0.3, 0.4) is 0 Å². The Kier molecular flexibility index (Phi) is 5.82. The molecule has 3 N–H and O–H groups in total. The monoisotopic (exact) mass is 312 g/mol. The minimum Gasteiger partial charge on any atom is -0.350 e. The van der Waals surface area contributed by atoms with Crippen LogP contribution in [0.15, 0.2) is 28.7 Å². The number of carbonyl (C=O) groups is 1. The van der Waals surface area contributed by atoms with Gasteiger partial charge in [-0.25, -0.2) is 0 Å². The fraction of sp³-hybridized carbons (Fsp3) is 0.500. The summed E-state index contributed by atoms with van der Waals surface area (Å²) in [6.45, 7) is 6.02. The average molecular weight is 313 g/mol. The van der Waals surface area contributed by atoms with Crippen molar-refractivity contribution in [3.05, 3.63) is 34.3 Å². The van der Waals surface area contributed by atoms with E-state index in [1.807, 2.05) is 45.0 Å². The van der Waals surface area contributed by atoms with Crippen molar-refractivity contribution < 1.29 is 4.79 Å². The molecule has 4 heteroatoms. The van der Waals surface area contributed by atoms with E-state index in [1.54, 1.807) is 0 Å². The van der Waals surface area contributed by atoms with E-state index in [9.17, 15) is 4.79 Å². The standard InChI is InChI=1S/C14H21BrN2O/c1-9(2)13(16)8-14(18)17-10(3)11-4-6-12(15)7-5-11/h4-7,9-10,13H,8,16H2,1-3H3,(H,17,18)/t10-,13?/m1/s1. The summed E-state index contributed by atoms with van der Waals surface area (Å²) in [6.07, 6.45) is 0.374. The van der Waals surface area contributed by atoms with E-state index < -0.39 is 0 Å². The summed E-state index contributed by atoms with van der Waals surface area (Å²) < 4.78 is 1.03. The Bertz CT molecular complexity index is 389. The SMILES string of the molecule is CC(C)C(N)CC(=O)N[C@H](C)c1ccc(Br)cc1. The van der Waals surface area contributed by atoms with Gasteiger partial charge in [-0.05, 0) is 30.5 Å². The highest BCUT2D eigenvalue weighted by Crippen LogP contribution is 2.16. The molecule has 0 aliphatic carbocycles. The zero-order chi connectivity index (χ0) is 13.7. The first-order valence-electron chi connectivity index (χ1n) is 6.20. The molecular weight excluding hydrogens is 292 g/mol. The molecule has 0 aromatic heterocycles. The molecule has 18 heavy (non-hydrogen) atoms. The number of halogens is 1. The van der Waals surface area contributed by atoms with Gasteiger partial charge in [-0.15, -0.1) is 0 Å². The van der Waals surface area contributed by atoms with Crippen LogP contribution in [-0.4, -0.2) is 11.9 Å². The molecule has 2 atom stereocenters. The lowest BCUT2D eigenvalue weighted by atomic mass is 10.0. The fourth-order valence-electron chi connectivity index (χ4n) is 1.58. The van der Waals surface area contributed by atoms with Gasteiger partial charge in [0.25, 0.3) is 0 Å². The number of amides is 1. The second-order valence-electron chi connectivity index (χ2n) is 4.95. The molecular formula is C14H21BrN2O. The van der Waals surface area contributed by atoms with Gasteiger partial charge in [0.15, 0.2) is 0 Å². The zero-order valence-corrected chi connectivity index (χ0v) is 12.7. The van der Waals surface area contributed by atoms with Gasteiger partial charge in [-0.3, -0.25) is 4.79 Å². The summed E-state index contributed by atoms with van der Waals surface area (Å²) in [5, 5.41) is 2.97. The van der Waals surface area contributed by atoms with Crippen LogP contribution in [0.25, 0.3) is 0 Å².